The molecule has 0 atom stereocenters. The Morgan fingerprint density at radius 2 is 1.62 bits per heavy atom. The quantitative estimate of drug-likeness (QED) is 0.672. The Hall–Kier alpha value is -3.06. The van der Waals surface area contributed by atoms with Crippen molar-refractivity contribution < 1.29 is 13.2 Å². The van der Waals surface area contributed by atoms with Crippen molar-refractivity contribution >= 4 is 43.8 Å². The molecule has 0 saturated heterocycles. The van der Waals surface area contributed by atoms with Gasteiger partial charge in [-0.15, -0.1) is 0 Å². The van der Waals surface area contributed by atoms with E-state index in [9.17, 15) is 13.2 Å². The molecule has 1 heterocycles. The summed E-state index contributed by atoms with van der Waals surface area (Å²) in [5.41, 5.74) is 2.26. The first-order valence-electron chi connectivity index (χ1n) is 9.65. The van der Waals surface area contributed by atoms with Crippen LogP contribution in [0.3, 0.4) is 0 Å². The van der Waals surface area contributed by atoms with Crippen LogP contribution in [0.5, 0.6) is 0 Å². The topological polar surface area (TPSA) is 69.7 Å². The molecule has 1 aliphatic heterocycles. The zero-order valence-electron chi connectivity index (χ0n) is 16.4. The molecule has 150 valence electrons. The summed E-state index contributed by atoms with van der Waals surface area (Å²) in [6.07, 6.45) is 0. The normalized spacial score (nSPS) is 14.2. The second kappa shape index (κ2) is 7.40. The predicted octanol–water partition coefficient (Wildman–Crippen LogP) is 3.83. The number of carbonyl (C=O) groups excluding carboxylic acids is 1. The van der Waals surface area contributed by atoms with Crippen LogP contribution in [-0.2, 0) is 14.8 Å². The van der Waals surface area contributed by atoms with Crippen LogP contribution in [0.4, 0.5) is 17.1 Å². The fraction of sp³-hybridized carbons (Fsp3) is 0.227. The van der Waals surface area contributed by atoms with Gasteiger partial charge in [0.15, 0.2) is 0 Å². The SMILES string of the molecule is CCN(CC)c1ccc(NC(=O)CN2c3cccc4cccc(c34)S2(=O)=O)cc1. The predicted molar refractivity (Wildman–Crippen MR) is 117 cm³/mol. The van der Waals surface area contributed by atoms with Crippen LogP contribution in [0.15, 0.2) is 65.6 Å². The number of nitrogens with one attached hydrogen (secondary N) is 1. The number of hydrogen-bond donors (Lipinski definition) is 1. The van der Waals surface area contributed by atoms with Gasteiger partial charge < -0.3 is 10.2 Å². The van der Waals surface area contributed by atoms with Crippen LogP contribution in [0.1, 0.15) is 13.8 Å². The highest BCUT2D eigenvalue weighted by atomic mass is 32.2. The standard InChI is InChI=1S/C22H23N3O3S/c1-3-24(4-2)18-13-11-17(12-14-18)23-21(26)15-25-19-9-5-7-16-8-6-10-20(22(16)19)29(25,27)28/h5-14H,3-4,15H2,1-2H3,(H,23,26). The molecule has 1 aliphatic rings. The van der Waals surface area contributed by atoms with E-state index in [1.54, 1.807) is 24.3 Å². The van der Waals surface area contributed by atoms with E-state index in [1.807, 2.05) is 36.4 Å². The molecule has 0 spiro atoms. The summed E-state index contributed by atoms with van der Waals surface area (Å²) in [5, 5.41) is 4.32. The van der Waals surface area contributed by atoms with Crippen molar-refractivity contribution in [1.29, 1.82) is 0 Å². The fourth-order valence-corrected chi connectivity index (χ4v) is 5.47. The first kappa shape index (κ1) is 19.3. The Morgan fingerprint density at radius 1 is 0.966 bits per heavy atom. The van der Waals surface area contributed by atoms with Crippen LogP contribution < -0.4 is 14.5 Å². The summed E-state index contributed by atoms with van der Waals surface area (Å²) in [6.45, 7) is 5.72. The molecule has 3 aromatic carbocycles. The minimum atomic E-state index is -3.74. The number of carbonyl (C=O) groups is 1. The average molecular weight is 410 g/mol. The van der Waals surface area contributed by atoms with E-state index >= 15 is 0 Å². The molecule has 0 aromatic heterocycles. The van der Waals surface area contributed by atoms with E-state index in [0.29, 0.717) is 16.8 Å². The summed E-state index contributed by atoms with van der Waals surface area (Å²) in [6, 6.07) is 18.2. The van der Waals surface area contributed by atoms with Crippen LogP contribution in [-0.4, -0.2) is 34.0 Å². The highest BCUT2D eigenvalue weighted by Crippen LogP contribution is 2.41. The lowest BCUT2D eigenvalue weighted by Gasteiger charge is -2.21. The van der Waals surface area contributed by atoms with Gasteiger partial charge in [-0.1, -0.05) is 24.3 Å². The molecular weight excluding hydrogens is 386 g/mol. The van der Waals surface area contributed by atoms with Gasteiger partial charge in [-0.3, -0.25) is 9.10 Å². The molecule has 0 fully saturated rings. The maximum atomic E-state index is 13.0. The third-order valence-electron chi connectivity index (χ3n) is 5.25. The molecule has 0 saturated carbocycles. The van der Waals surface area contributed by atoms with Gasteiger partial charge in [0.25, 0.3) is 10.0 Å². The molecule has 0 bridgehead atoms. The molecule has 0 unspecified atom stereocenters. The van der Waals surface area contributed by atoms with Crippen molar-refractivity contribution in [3.05, 3.63) is 60.7 Å². The molecule has 29 heavy (non-hydrogen) atoms. The van der Waals surface area contributed by atoms with Crippen molar-refractivity contribution in [3.8, 4) is 0 Å². The zero-order valence-corrected chi connectivity index (χ0v) is 17.2. The first-order chi connectivity index (χ1) is 14.0. The van der Waals surface area contributed by atoms with Gasteiger partial charge in [0.2, 0.25) is 5.91 Å². The Bertz CT molecular complexity index is 1160. The maximum Gasteiger partial charge on any atom is 0.265 e. The van der Waals surface area contributed by atoms with Crippen LogP contribution >= 0.6 is 0 Å². The molecule has 7 heteroatoms. The van der Waals surface area contributed by atoms with Gasteiger partial charge in [-0.2, -0.15) is 0 Å². The second-order valence-electron chi connectivity index (χ2n) is 6.91. The Morgan fingerprint density at radius 3 is 2.28 bits per heavy atom. The zero-order chi connectivity index (χ0) is 20.6. The summed E-state index contributed by atoms with van der Waals surface area (Å²) in [7, 11) is -3.74. The van der Waals surface area contributed by atoms with Gasteiger partial charge in [0.05, 0.1) is 10.6 Å². The Labute approximate surface area is 170 Å². The van der Waals surface area contributed by atoms with E-state index in [4.69, 9.17) is 0 Å². The van der Waals surface area contributed by atoms with Crippen LogP contribution in [0, 0.1) is 0 Å². The van der Waals surface area contributed by atoms with Gasteiger partial charge in [0, 0.05) is 29.9 Å². The molecule has 4 rings (SSSR count). The van der Waals surface area contributed by atoms with Crippen LogP contribution in [0.2, 0.25) is 0 Å². The Kier molecular flexibility index (Phi) is 4.92. The minimum absolute atomic E-state index is 0.252. The molecule has 1 amide bonds. The van der Waals surface area contributed by atoms with Crippen LogP contribution in [0.25, 0.3) is 10.8 Å². The van der Waals surface area contributed by atoms with E-state index < -0.39 is 10.0 Å². The second-order valence-corrected chi connectivity index (χ2v) is 8.74. The Balaban J connectivity index is 1.54. The van der Waals surface area contributed by atoms with Crippen molar-refractivity contribution in [2.45, 2.75) is 18.7 Å². The third-order valence-corrected chi connectivity index (χ3v) is 7.05. The molecular formula is C22H23N3O3S. The molecule has 3 aromatic rings. The van der Waals surface area contributed by atoms with Gasteiger partial charge in [0.1, 0.15) is 6.54 Å². The number of anilines is 3. The number of hydrogen-bond acceptors (Lipinski definition) is 4. The van der Waals surface area contributed by atoms with Gasteiger partial charge in [-0.05, 0) is 55.6 Å². The van der Waals surface area contributed by atoms with E-state index in [2.05, 4.69) is 24.1 Å². The van der Waals surface area contributed by atoms with Crippen molar-refractivity contribution in [3.63, 3.8) is 0 Å². The maximum absolute atomic E-state index is 13.0. The number of benzene rings is 3. The summed E-state index contributed by atoms with van der Waals surface area (Å²) in [4.78, 5) is 15.1. The van der Waals surface area contributed by atoms with E-state index in [0.717, 1.165) is 24.2 Å². The van der Waals surface area contributed by atoms with E-state index in [-0.39, 0.29) is 17.3 Å². The number of sulfonamides is 1. The van der Waals surface area contributed by atoms with Crippen molar-refractivity contribution in [2.24, 2.45) is 0 Å². The van der Waals surface area contributed by atoms with Gasteiger partial charge in [-0.25, -0.2) is 8.42 Å². The first-order valence-corrected chi connectivity index (χ1v) is 11.1. The summed E-state index contributed by atoms with van der Waals surface area (Å²) >= 11 is 0. The summed E-state index contributed by atoms with van der Waals surface area (Å²) < 4.78 is 27.1. The molecule has 6 nitrogen and oxygen atoms in total. The highest BCUT2D eigenvalue weighted by molar-refractivity contribution is 7.93. The highest BCUT2D eigenvalue weighted by Gasteiger charge is 2.36. The minimum Gasteiger partial charge on any atom is -0.372 e. The fourth-order valence-electron chi connectivity index (χ4n) is 3.80. The number of rotatable bonds is 6. The van der Waals surface area contributed by atoms with Crippen molar-refractivity contribution in [2.75, 3.05) is 34.2 Å². The number of amides is 1. The lowest BCUT2D eigenvalue weighted by molar-refractivity contribution is -0.114. The van der Waals surface area contributed by atoms with E-state index in [1.165, 1.54) is 4.31 Å². The lowest BCUT2D eigenvalue weighted by Crippen LogP contribution is -2.35. The largest absolute Gasteiger partial charge is 0.372 e. The summed E-state index contributed by atoms with van der Waals surface area (Å²) in [5.74, 6) is -0.381. The molecule has 0 aliphatic carbocycles. The smallest absolute Gasteiger partial charge is 0.265 e. The third kappa shape index (κ3) is 3.31. The lowest BCUT2D eigenvalue weighted by atomic mass is 10.1. The number of nitrogens with zero attached hydrogens (tertiary/aromatic N) is 2. The van der Waals surface area contributed by atoms with Crippen molar-refractivity contribution in [1.82, 2.24) is 0 Å². The molecule has 1 N–H and O–H groups in total. The molecule has 0 radical (unpaired) electrons. The van der Waals surface area contributed by atoms with Gasteiger partial charge >= 0.3 is 0 Å². The monoisotopic (exact) mass is 409 g/mol. The average Bonchev–Trinajstić information content (AvgIpc) is 2.93.